The van der Waals surface area contributed by atoms with Crippen molar-refractivity contribution >= 4 is 11.3 Å². The quantitative estimate of drug-likeness (QED) is 0.855. The fraction of sp³-hybridized carbons (Fsp3) is 0.727. The molecule has 2 heterocycles. The molecular formula is C11H19N3S. The van der Waals surface area contributed by atoms with Crippen LogP contribution in [0, 0.1) is 0 Å². The summed E-state index contributed by atoms with van der Waals surface area (Å²) >= 11 is 1.77. The largest absolute Gasteiger partial charge is 0.328 e. The summed E-state index contributed by atoms with van der Waals surface area (Å²) in [5.74, 6) is 0. The van der Waals surface area contributed by atoms with Crippen molar-refractivity contribution in [1.82, 2.24) is 9.88 Å². The number of hydrogen-bond donors (Lipinski definition) is 1. The Bertz CT molecular complexity index is 278. The topological polar surface area (TPSA) is 42.2 Å². The highest BCUT2D eigenvalue weighted by molar-refractivity contribution is 7.09. The molecule has 1 aliphatic heterocycles. The average Bonchev–Trinajstić information content (AvgIpc) is 2.75. The normalized spacial score (nSPS) is 21.7. The molecule has 15 heavy (non-hydrogen) atoms. The predicted molar refractivity (Wildman–Crippen MR) is 63.9 cm³/mol. The van der Waals surface area contributed by atoms with Crippen molar-refractivity contribution in [2.24, 2.45) is 5.73 Å². The third-order valence-electron chi connectivity index (χ3n) is 3.14. The first kappa shape index (κ1) is 11.0. The van der Waals surface area contributed by atoms with Crippen molar-refractivity contribution < 1.29 is 0 Å². The molecule has 1 fully saturated rings. The molecule has 0 spiro atoms. The highest BCUT2D eigenvalue weighted by Crippen LogP contribution is 2.28. The van der Waals surface area contributed by atoms with Gasteiger partial charge in [0.1, 0.15) is 5.01 Å². The number of nitrogens with zero attached hydrogens (tertiary/aromatic N) is 2. The van der Waals surface area contributed by atoms with Gasteiger partial charge in [-0.3, -0.25) is 4.90 Å². The van der Waals surface area contributed by atoms with Gasteiger partial charge in [-0.1, -0.05) is 6.92 Å². The van der Waals surface area contributed by atoms with E-state index in [1.54, 1.807) is 11.3 Å². The number of rotatable bonds is 3. The Morgan fingerprint density at radius 3 is 2.87 bits per heavy atom. The molecule has 0 aromatic carbocycles. The van der Waals surface area contributed by atoms with E-state index in [-0.39, 0.29) is 0 Å². The molecule has 4 heteroatoms. The van der Waals surface area contributed by atoms with Gasteiger partial charge in [0, 0.05) is 30.7 Å². The third-order valence-corrected chi connectivity index (χ3v) is 4.01. The van der Waals surface area contributed by atoms with Crippen molar-refractivity contribution in [3.63, 3.8) is 0 Å². The van der Waals surface area contributed by atoms with E-state index in [9.17, 15) is 0 Å². The number of likely N-dealkylation sites (tertiary alicyclic amines) is 1. The van der Waals surface area contributed by atoms with Gasteiger partial charge < -0.3 is 5.73 Å². The molecule has 0 bridgehead atoms. The van der Waals surface area contributed by atoms with E-state index in [4.69, 9.17) is 5.73 Å². The minimum Gasteiger partial charge on any atom is -0.328 e. The van der Waals surface area contributed by atoms with Crippen molar-refractivity contribution in [1.29, 1.82) is 0 Å². The van der Waals surface area contributed by atoms with Gasteiger partial charge in [-0.05, 0) is 19.3 Å². The second kappa shape index (κ2) is 5.05. The summed E-state index contributed by atoms with van der Waals surface area (Å²) in [6.45, 7) is 4.49. The molecule has 1 saturated heterocycles. The molecule has 3 nitrogen and oxygen atoms in total. The van der Waals surface area contributed by atoms with Gasteiger partial charge in [-0.15, -0.1) is 11.3 Å². The average molecular weight is 225 g/mol. The fourth-order valence-electron chi connectivity index (χ4n) is 2.22. The predicted octanol–water partition coefficient (Wildman–Crippen LogP) is 2.02. The highest BCUT2D eigenvalue weighted by atomic mass is 32.1. The number of aromatic nitrogens is 1. The van der Waals surface area contributed by atoms with Gasteiger partial charge >= 0.3 is 0 Å². The molecule has 0 amide bonds. The van der Waals surface area contributed by atoms with Crippen LogP contribution >= 0.6 is 11.3 Å². The van der Waals surface area contributed by atoms with E-state index in [0.717, 1.165) is 32.4 Å². The van der Waals surface area contributed by atoms with Crippen molar-refractivity contribution in [3.8, 4) is 0 Å². The van der Waals surface area contributed by atoms with E-state index >= 15 is 0 Å². The van der Waals surface area contributed by atoms with Gasteiger partial charge in [-0.2, -0.15) is 0 Å². The van der Waals surface area contributed by atoms with Gasteiger partial charge in [0.15, 0.2) is 0 Å². The van der Waals surface area contributed by atoms with Crippen LogP contribution in [0.25, 0.3) is 0 Å². The van der Waals surface area contributed by atoms with Crippen LogP contribution in [0.3, 0.4) is 0 Å². The maximum Gasteiger partial charge on any atom is 0.110 e. The van der Waals surface area contributed by atoms with Crippen LogP contribution in [-0.2, 0) is 0 Å². The Morgan fingerprint density at radius 1 is 1.60 bits per heavy atom. The Balaban J connectivity index is 2.01. The number of piperidine rings is 1. The van der Waals surface area contributed by atoms with Gasteiger partial charge in [-0.25, -0.2) is 4.98 Å². The molecule has 2 N–H and O–H groups in total. The zero-order valence-electron chi connectivity index (χ0n) is 9.22. The molecule has 84 valence electrons. The van der Waals surface area contributed by atoms with Gasteiger partial charge in [0.2, 0.25) is 0 Å². The summed E-state index contributed by atoms with van der Waals surface area (Å²) in [7, 11) is 0. The maximum atomic E-state index is 5.92. The minimum atomic E-state index is 0.412. The molecule has 0 aliphatic carbocycles. The molecule has 0 radical (unpaired) electrons. The number of hydrogen-bond acceptors (Lipinski definition) is 4. The Kier molecular flexibility index (Phi) is 3.72. The standard InChI is InChI=1S/C11H19N3S/c1-2-10(11-13-5-8-15-11)14-6-3-9(12)4-7-14/h5,8-10H,2-4,6-7,12H2,1H3. The lowest BCUT2D eigenvalue weighted by Crippen LogP contribution is -2.41. The van der Waals surface area contributed by atoms with Gasteiger partial charge in [0.25, 0.3) is 0 Å². The summed E-state index contributed by atoms with van der Waals surface area (Å²) < 4.78 is 0. The van der Waals surface area contributed by atoms with Crippen molar-refractivity contribution in [2.45, 2.75) is 38.3 Å². The molecule has 2 rings (SSSR count). The molecule has 1 aromatic rings. The molecule has 1 aromatic heterocycles. The zero-order chi connectivity index (χ0) is 10.7. The zero-order valence-corrected chi connectivity index (χ0v) is 10.0. The van der Waals surface area contributed by atoms with Crippen LogP contribution in [0.15, 0.2) is 11.6 Å². The van der Waals surface area contributed by atoms with Crippen LogP contribution in [0.1, 0.15) is 37.2 Å². The van der Waals surface area contributed by atoms with E-state index in [1.165, 1.54) is 5.01 Å². The molecule has 0 saturated carbocycles. The van der Waals surface area contributed by atoms with Crippen molar-refractivity contribution in [3.05, 3.63) is 16.6 Å². The summed E-state index contributed by atoms with van der Waals surface area (Å²) in [5.41, 5.74) is 5.92. The van der Waals surface area contributed by atoms with Crippen LogP contribution in [-0.4, -0.2) is 29.0 Å². The van der Waals surface area contributed by atoms with Crippen LogP contribution < -0.4 is 5.73 Å². The smallest absolute Gasteiger partial charge is 0.110 e. The Hall–Kier alpha value is -0.450. The second-order valence-corrected chi connectivity index (χ2v) is 5.09. The van der Waals surface area contributed by atoms with E-state index in [2.05, 4.69) is 22.2 Å². The van der Waals surface area contributed by atoms with E-state index in [0.29, 0.717) is 12.1 Å². The lowest BCUT2D eigenvalue weighted by molar-refractivity contribution is 0.149. The second-order valence-electron chi connectivity index (χ2n) is 4.17. The molecule has 1 aliphatic rings. The minimum absolute atomic E-state index is 0.412. The van der Waals surface area contributed by atoms with Crippen LogP contribution in [0.4, 0.5) is 0 Å². The maximum absolute atomic E-state index is 5.92. The SMILES string of the molecule is CCC(c1nccs1)N1CCC(N)CC1. The van der Waals surface area contributed by atoms with Crippen LogP contribution in [0.5, 0.6) is 0 Å². The number of nitrogens with two attached hydrogens (primary N) is 1. The van der Waals surface area contributed by atoms with Gasteiger partial charge in [0.05, 0.1) is 6.04 Å². The lowest BCUT2D eigenvalue weighted by atomic mass is 10.0. The van der Waals surface area contributed by atoms with E-state index in [1.807, 2.05) is 6.20 Å². The third kappa shape index (κ3) is 2.56. The van der Waals surface area contributed by atoms with E-state index < -0.39 is 0 Å². The molecular weight excluding hydrogens is 206 g/mol. The summed E-state index contributed by atoms with van der Waals surface area (Å²) in [6.07, 6.45) is 5.30. The first-order valence-corrected chi connectivity index (χ1v) is 6.58. The highest BCUT2D eigenvalue weighted by Gasteiger charge is 2.24. The molecule has 1 atom stereocenters. The van der Waals surface area contributed by atoms with Crippen LogP contribution in [0.2, 0.25) is 0 Å². The first-order chi connectivity index (χ1) is 7.31. The Morgan fingerprint density at radius 2 is 2.33 bits per heavy atom. The summed E-state index contributed by atoms with van der Waals surface area (Å²) in [4.78, 5) is 6.96. The lowest BCUT2D eigenvalue weighted by Gasteiger charge is -2.35. The fourth-order valence-corrected chi connectivity index (χ4v) is 3.07. The molecule has 1 unspecified atom stereocenters. The monoisotopic (exact) mass is 225 g/mol. The Labute approximate surface area is 95.3 Å². The first-order valence-electron chi connectivity index (χ1n) is 5.70. The summed E-state index contributed by atoms with van der Waals surface area (Å²) in [5, 5.41) is 3.32. The number of thiazole rings is 1. The summed E-state index contributed by atoms with van der Waals surface area (Å²) in [6, 6.07) is 0.924. The van der Waals surface area contributed by atoms with Crippen molar-refractivity contribution in [2.75, 3.05) is 13.1 Å².